The summed E-state index contributed by atoms with van der Waals surface area (Å²) in [6.45, 7) is 4.47. The van der Waals surface area contributed by atoms with Crippen molar-refractivity contribution >= 4 is 34.4 Å². The number of carbonyl (C=O) groups is 1. The Morgan fingerprint density at radius 3 is 2.71 bits per heavy atom. The van der Waals surface area contributed by atoms with Crippen LogP contribution in [0, 0.1) is 6.92 Å². The number of H-pyrrole nitrogens is 1. The lowest BCUT2D eigenvalue weighted by molar-refractivity contribution is -0.113. The molecule has 8 nitrogen and oxygen atoms in total. The minimum absolute atomic E-state index is 0.0974. The monoisotopic (exact) mass is 435 g/mol. The number of aryl methyl sites for hydroxylation is 1. The molecule has 0 saturated heterocycles. The third-order valence-electron chi connectivity index (χ3n) is 4.55. The number of fused-ring (bicyclic) bond motifs is 1. The summed E-state index contributed by atoms with van der Waals surface area (Å²) >= 11 is 1.16. The number of hydrogen-bond acceptors (Lipinski definition) is 6. The van der Waals surface area contributed by atoms with E-state index in [1.165, 1.54) is 6.20 Å². The molecule has 0 bridgehead atoms. The van der Waals surface area contributed by atoms with E-state index in [2.05, 4.69) is 20.4 Å². The number of benzene rings is 2. The molecule has 31 heavy (non-hydrogen) atoms. The molecular weight excluding hydrogens is 414 g/mol. The molecule has 4 rings (SSSR count). The van der Waals surface area contributed by atoms with E-state index >= 15 is 0 Å². The number of aromatic amines is 1. The van der Waals surface area contributed by atoms with Crippen LogP contribution in [0.3, 0.4) is 0 Å². The Bertz CT molecular complexity index is 1280. The van der Waals surface area contributed by atoms with Crippen LogP contribution in [0.25, 0.3) is 16.7 Å². The zero-order chi connectivity index (χ0) is 21.8. The van der Waals surface area contributed by atoms with Gasteiger partial charge in [-0.25, -0.2) is 9.67 Å². The van der Waals surface area contributed by atoms with Crippen molar-refractivity contribution in [2.45, 2.75) is 19.0 Å². The molecule has 4 aromatic rings. The fourth-order valence-electron chi connectivity index (χ4n) is 3.08. The molecule has 9 heteroatoms. The van der Waals surface area contributed by atoms with Crippen LogP contribution in [-0.4, -0.2) is 38.0 Å². The maximum Gasteiger partial charge on any atom is 0.262 e. The SMILES string of the molecule is CCOc1ccc(NC(=O)CSc2nc3c(cnn3-c3ccccc3C)c(=O)[nH]2)cc1. The van der Waals surface area contributed by atoms with Gasteiger partial charge in [-0.15, -0.1) is 0 Å². The topological polar surface area (TPSA) is 102 Å². The van der Waals surface area contributed by atoms with Gasteiger partial charge in [0.25, 0.3) is 5.56 Å². The van der Waals surface area contributed by atoms with Crippen molar-refractivity contribution in [3.8, 4) is 11.4 Å². The number of hydrogen-bond donors (Lipinski definition) is 2. The molecule has 2 aromatic heterocycles. The molecule has 0 aliphatic carbocycles. The van der Waals surface area contributed by atoms with Gasteiger partial charge in [0.1, 0.15) is 11.1 Å². The predicted octanol–water partition coefficient (Wildman–Crippen LogP) is 3.55. The van der Waals surface area contributed by atoms with Crippen molar-refractivity contribution in [1.29, 1.82) is 0 Å². The fourth-order valence-corrected chi connectivity index (χ4v) is 3.73. The second-order valence-corrected chi connectivity index (χ2v) is 7.71. The van der Waals surface area contributed by atoms with Gasteiger partial charge in [-0.3, -0.25) is 9.59 Å². The second-order valence-electron chi connectivity index (χ2n) is 6.75. The third kappa shape index (κ3) is 4.61. The Labute approximate surface area is 182 Å². The lowest BCUT2D eigenvalue weighted by atomic mass is 10.2. The van der Waals surface area contributed by atoms with E-state index < -0.39 is 0 Å². The van der Waals surface area contributed by atoms with E-state index in [4.69, 9.17) is 4.74 Å². The molecule has 0 radical (unpaired) electrons. The van der Waals surface area contributed by atoms with E-state index in [1.807, 2.05) is 38.1 Å². The van der Waals surface area contributed by atoms with Gasteiger partial charge in [-0.05, 0) is 49.7 Å². The summed E-state index contributed by atoms with van der Waals surface area (Å²) in [5.41, 5.74) is 2.69. The van der Waals surface area contributed by atoms with Crippen LogP contribution < -0.4 is 15.6 Å². The zero-order valence-corrected chi connectivity index (χ0v) is 17.9. The highest BCUT2D eigenvalue weighted by Crippen LogP contribution is 2.20. The summed E-state index contributed by atoms with van der Waals surface area (Å²) in [4.78, 5) is 32.1. The number of amides is 1. The number of carbonyl (C=O) groups excluding carboxylic acids is 1. The Hall–Kier alpha value is -3.59. The van der Waals surface area contributed by atoms with Crippen molar-refractivity contribution in [1.82, 2.24) is 19.7 Å². The van der Waals surface area contributed by atoms with Crippen LogP contribution in [0.4, 0.5) is 5.69 Å². The Morgan fingerprint density at radius 1 is 1.19 bits per heavy atom. The Morgan fingerprint density at radius 2 is 1.97 bits per heavy atom. The van der Waals surface area contributed by atoms with E-state index in [0.717, 1.165) is 28.8 Å². The van der Waals surface area contributed by atoms with Gasteiger partial charge in [0.05, 0.1) is 24.2 Å². The summed E-state index contributed by atoms with van der Waals surface area (Å²) in [5, 5.41) is 7.91. The first-order valence-electron chi connectivity index (χ1n) is 9.74. The average molecular weight is 436 g/mol. The molecular formula is C22H21N5O3S. The lowest BCUT2D eigenvalue weighted by Crippen LogP contribution is -2.15. The normalized spacial score (nSPS) is 10.9. The summed E-state index contributed by atoms with van der Waals surface area (Å²) in [5.74, 6) is 0.639. The minimum Gasteiger partial charge on any atom is -0.494 e. The van der Waals surface area contributed by atoms with Crippen molar-refractivity contribution in [2.24, 2.45) is 0 Å². The quantitative estimate of drug-likeness (QED) is 0.340. The number of nitrogens with zero attached hydrogens (tertiary/aromatic N) is 3. The van der Waals surface area contributed by atoms with Crippen molar-refractivity contribution in [3.63, 3.8) is 0 Å². The third-order valence-corrected chi connectivity index (χ3v) is 5.42. The first-order chi connectivity index (χ1) is 15.0. The molecule has 1 amide bonds. The smallest absolute Gasteiger partial charge is 0.262 e. The van der Waals surface area contributed by atoms with Gasteiger partial charge in [0.15, 0.2) is 10.8 Å². The molecule has 2 heterocycles. The number of nitrogens with one attached hydrogen (secondary N) is 2. The van der Waals surface area contributed by atoms with Crippen LogP contribution in [0.5, 0.6) is 5.75 Å². The maximum atomic E-state index is 12.5. The van der Waals surface area contributed by atoms with Gasteiger partial charge in [-0.1, -0.05) is 30.0 Å². The van der Waals surface area contributed by atoms with Crippen LogP contribution >= 0.6 is 11.8 Å². The van der Waals surface area contributed by atoms with Crippen LogP contribution in [-0.2, 0) is 4.79 Å². The largest absolute Gasteiger partial charge is 0.494 e. The lowest BCUT2D eigenvalue weighted by Gasteiger charge is -2.08. The van der Waals surface area contributed by atoms with E-state index in [1.54, 1.807) is 28.9 Å². The molecule has 0 fully saturated rings. The molecule has 2 N–H and O–H groups in total. The number of anilines is 1. The molecule has 2 aromatic carbocycles. The van der Waals surface area contributed by atoms with E-state index in [0.29, 0.717) is 28.5 Å². The molecule has 0 atom stereocenters. The van der Waals surface area contributed by atoms with Gasteiger partial charge in [0.2, 0.25) is 5.91 Å². The maximum absolute atomic E-state index is 12.5. The van der Waals surface area contributed by atoms with Crippen LogP contribution in [0.2, 0.25) is 0 Å². The Kier molecular flexibility index (Phi) is 6.03. The number of aromatic nitrogens is 4. The van der Waals surface area contributed by atoms with E-state index in [9.17, 15) is 9.59 Å². The number of thioether (sulfide) groups is 1. The standard InChI is InChI=1S/C22H21N5O3S/c1-3-30-16-10-8-15(9-11-16)24-19(28)13-31-22-25-20-17(21(29)26-22)12-23-27(20)18-7-5-4-6-14(18)2/h4-12H,3,13H2,1-2H3,(H,24,28)(H,25,26,29). The molecule has 158 valence electrons. The van der Waals surface area contributed by atoms with Gasteiger partial charge in [-0.2, -0.15) is 5.10 Å². The summed E-state index contributed by atoms with van der Waals surface area (Å²) < 4.78 is 7.04. The summed E-state index contributed by atoms with van der Waals surface area (Å²) in [6, 6.07) is 14.9. The number of ether oxygens (including phenoxy) is 1. The molecule has 0 spiro atoms. The highest BCUT2D eigenvalue weighted by atomic mass is 32.2. The zero-order valence-electron chi connectivity index (χ0n) is 17.1. The second kappa shape index (κ2) is 9.05. The highest BCUT2D eigenvalue weighted by molar-refractivity contribution is 7.99. The summed E-state index contributed by atoms with van der Waals surface area (Å²) in [7, 11) is 0. The van der Waals surface area contributed by atoms with Gasteiger partial charge >= 0.3 is 0 Å². The first-order valence-corrected chi connectivity index (χ1v) is 10.7. The molecule has 0 unspecified atom stereocenters. The molecule has 0 saturated carbocycles. The van der Waals surface area contributed by atoms with Crippen LogP contribution in [0.15, 0.2) is 64.7 Å². The van der Waals surface area contributed by atoms with E-state index in [-0.39, 0.29) is 17.2 Å². The average Bonchev–Trinajstić information content (AvgIpc) is 3.19. The van der Waals surface area contributed by atoms with Gasteiger partial charge in [0, 0.05) is 5.69 Å². The van der Waals surface area contributed by atoms with Crippen molar-refractivity contribution in [2.75, 3.05) is 17.7 Å². The predicted molar refractivity (Wildman–Crippen MR) is 121 cm³/mol. The number of rotatable bonds is 7. The van der Waals surface area contributed by atoms with Crippen LogP contribution in [0.1, 0.15) is 12.5 Å². The Balaban J connectivity index is 1.50. The van der Waals surface area contributed by atoms with Gasteiger partial charge < -0.3 is 15.0 Å². The summed E-state index contributed by atoms with van der Waals surface area (Å²) in [6.07, 6.45) is 1.50. The fraction of sp³-hybridized carbons (Fsp3) is 0.182. The van der Waals surface area contributed by atoms with Crippen molar-refractivity contribution in [3.05, 3.63) is 70.6 Å². The number of para-hydroxylation sites is 1. The highest BCUT2D eigenvalue weighted by Gasteiger charge is 2.14. The minimum atomic E-state index is -0.292. The molecule has 0 aliphatic heterocycles. The van der Waals surface area contributed by atoms with Crippen molar-refractivity contribution < 1.29 is 9.53 Å². The first kappa shape index (κ1) is 20.7. The molecule has 0 aliphatic rings.